The molecule has 1 aromatic carbocycles. The Morgan fingerprint density at radius 3 is 2.62 bits per heavy atom. The van der Waals surface area contributed by atoms with Crippen molar-refractivity contribution < 1.29 is 9.59 Å². The van der Waals surface area contributed by atoms with Crippen molar-refractivity contribution in [2.75, 3.05) is 6.54 Å². The highest BCUT2D eigenvalue weighted by Gasteiger charge is 2.08. The summed E-state index contributed by atoms with van der Waals surface area (Å²) < 4.78 is 0. The summed E-state index contributed by atoms with van der Waals surface area (Å²) >= 11 is 0. The number of nitrogens with zero attached hydrogens (tertiary/aromatic N) is 2. The molecule has 16 heavy (non-hydrogen) atoms. The quantitative estimate of drug-likeness (QED) is 0.427. The number of hydrogen-bond acceptors (Lipinski definition) is 3. The third kappa shape index (κ3) is 3.39. The van der Waals surface area contributed by atoms with Crippen molar-refractivity contribution in [2.45, 2.75) is 0 Å². The second kappa shape index (κ2) is 6.14. The third-order valence-corrected chi connectivity index (χ3v) is 1.83. The first-order chi connectivity index (χ1) is 7.77. The number of nitriles is 1. The zero-order valence-corrected chi connectivity index (χ0v) is 8.46. The Hall–Kier alpha value is -2.41. The zero-order chi connectivity index (χ0) is 11.8. The second-order valence-corrected chi connectivity index (χ2v) is 2.91. The summed E-state index contributed by atoms with van der Waals surface area (Å²) in [5, 5.41) is 8.57. The lowest BCUT2D eigenvalue weighted by Crippen LogP contribution is -2.25. The van der Waals surface area contributed by atoms with Gasteiger partial charge in [0, 0.05) is 6.08 Å². The van der Waals surface area contributed by atoms with Crippen molar-refractivity contribution in [3.63, 3.8) is 0 Å². The fraction of sp³-hybridized carbons (Fsp3) is 0.0833. The SMILES string of the molecule is N#CN(C[C]=O)C(=O)C=Cc1ccccc1. The molecule has 1 radical (unpaired) electrons. The molecule has 0 atom stereocenters. The molecule has 0 N–H and O–H groups in total. The molecular weight excluding hydrogens is 204 g/mol. The summed E-state index contributed by atoms with van der Waals surface area (Å²) in [6.45, 7) is -0.339. The topological polar surface area (TPSA) is 61.2 Å². The normalized spacial score (nSPS) is 9.69. The Balaban J connectivity index is 2.67. The lowest BCUT2D eigenvalue weighted by Gasteiger charge is -2.05. The van der Waals surface area contributed by atoms with Crippen LogP contribution in [0, 0.1) is 11.5 Å². The highest BCUT2D eigenvalue weighted by molar-refractivity contribution is 5.93. The first kappa shape index (κ1) is 11.7. The Kier molecular flexibility index (Phi) is 4.48. The first-order valence-corrected chi connectivity index (χ1v) is 4.57. The molecule has 0 spiro atoms. The van der Waals surface area contributed by atoms with Crippen molar-refractivity contribution in [2.24, 2.45) is 0 Å². The van der Waals surface area contributed by atoms with E-state index >= 15 is 0 Å². The van der Waals surface area contributed by atoms with Crippen LogP contribution in [0.5, 0.6) is 0 Å². The van der Waals surface area contributed by atoms with Gasteiger partial charge in [0.2, 0.25) is 6.29 Å². The van der Waals surface area contributed by atoms with E-state index in [1.165, 1.54) is 12.4 Å². The maximum Gasteiger partial charge on any atom is 0.260 e. The van der Waals surface area contributed by atoms with Crippen LogP contribution in [0.2, 0.25) is 0 Å². The number of carbonyl (C=O) groups excluding carboxylic acids is 2. The molecule has 0 bridgehead atoms. The molecule has 0 aliphatic heterocycles. The largest absolute Gasteiger partial charge is 0.289 e. The lowest BCUT2D eigenvalue weighted by molar-refractivity contribution is -0.122. The van der Waals surface area contributed by atoms with Crippen LogP contribution in [0.4, 0.5) is 0 Å². The third-order valence-electron chi connectivity index (χ3n) is 1.83. The van der Waals surface area contributed by atoms with Gasteiger partial charge in [-0.1, -0.05) is 30.3 Å². The molecule has 0 fully saturated rings. The molecule has 4 heteroatoms. The Bertz CT molecular complexity index is 432. The van der Waals surface area contributed by atoms with Gasteiger partial charge in [-0.05, 0) is 11.6 Å². The Labute approximate surface area is 93.4 Å². The Morgan fingerprint density at radius 1 is 1.38 bits per heavy atom. The standard InChI is InChI=1S/C12H9N2O2/c13-10-14(8-9-15)12(16)7-6-11-4-2-1-3-5-11/h1-7H,8H2. The molecule has 1 aromatic rings. The summed E-state index contributed by atoms with van der Waals surface area (Å²) in [7, 11) is 0. The average Bonchev–Trinajstić information content (AvgIpc) is 2.34. The highest BCUT2D eigenvalue weighted by Crippen LogP contribution is 2.01. The minimum Gasteiger partial charge on any atom is -0.289 e. The minimum absolute atomic E-state index is 0.339. The van der Waals surface area contributed by atoms with Gasteiger partial charge in [-0.2, -0.15) is 5.26 Å². The minimum atomic E-state index is -0.533. The molecule has 0 aromatic heterocycles. The molecule has 1 rings (SSSR count). The van der Waals surface area contributed by atoms with Crippen LogP contribution in [-0.2, 0) is 9.59 Å². The predicted molar refractivity (Wildman–Crippen MR) is 58.5 cm³/mol. The predicted octanol–water partition coefficient (Wildman–Crippen LogP) is 1.12. The van der Waals surface area contributed by atoms with E-state index in [-0.39, 0.29) is 6.54 Å². The molecule has 1 amide bonds. The lowest BCUT2D eigenvalue weighted by atomic mass is 10.2. The number of hydrogen-bond donors (Lipinski definition) is 0. The fourth-order valence-electron chi connectivity index (χ4n) is 1.05. The molecule has 0 saturated carbocycles. The van der Waals surface area contributed by atoms with Crippen LogP contribution in [-0.4, -0.2) is 23.6 Å². The molecule has 0 unspecified atom stereocenters. The average molecular weight is 213 g/mol. The maximum atomic E-state index is 11.4. The van der Waals surface area contributed by atoms with Crippen LogP contribution < -0.4 is 0 Å². The molecule has 0 aliphatic carbocycles. The van der Waals surface area contributed by atoms with Gasteiger partial charge in [0.1, 0.15) is 6.54 Å². The monoisotopic (exact) mass is 213 g/mol. The van der Waals surface area contributed by atoms with Gasteiger partial charge in [-0.15, -0.1) is 0 Å². The van der Waals surface area contributed by atoms with E-state index in [2.05, 4.69) is 0 Å². The van der Waals surface area contributed by atoms with E-state index < -0.39 is 5.91 Å². The molecule has 0 heterocycles. The number of benzene rings is 1. The molecule has 0 aliphatic rings. The number of rotatable bonds is 4. The summed E-state index contributed by atoms with van der Waals surface area (Å²) in [6.07, 6.45) is 5.93. The zero-order valence-electron chi connectivity index (χ0n) is 8.46. The maximum absolute atomic E-state index is 11.4. The molecular formula is C12H9N2O2. The highest BCUT2D eigenvalue weighted by atomic mass is 16.2. The van der Waals surface area contributed by atoms with Gasteiger partial charge in [0.25, 0.3) is 5.91 Å². The van der Waals surface area contributed by atoms with Crippen molar-refractivity contribution in [3.8, 4) is 6.19 Å². The van der Waals surface area contributed by atoms with Crippen LogP contribution in [0.15, 0.2) is 36.4 Å². The van der Waals surface area contributed by atoms with E-state index in [9.17, 15) is 9.59 Å². The summed E-state index contributed by atoms with van der Waals surface area (Å²) in [5.41, 5.74) is 0.851. The van der Waals surface area contributed by atoms with E-state index in [1.807, 2.05) is 30.3 Å². The van der Waals surface area contributed by atoms with E-state index in [0.29, 0.717) is 0 Å². The summed E-state index contributed by atoms with van der Waals surface area (Å²) in [4.78, 5) is 22.2. The summed E-state index contributed by atoms with van der Waals surface area (Å²) in [6, 6.07) is 9.19. The van der Waals surface area contributed by atoms with Gasteiger partial charge >= 0.3 is 0 Å². The number of carbonyl (C=O) groups is 1. The molecule has 0 saturated heterocycles. The van der Waals surface area contributed by atoms with Gasteiger partial charge in [-0.3, -0.25) is 9.59 Å². The van der Waals surface area contributed by atoms with Gasteiger partial charge < -0.3 is 0 Å². The molecule has 79 valence electrons. The fourth-order valence-corrected chi connectivity index (χ4v) is 1.05. The molecule has 4 nitrogen and oxygen atoms in total. The van der Waals surface area contributed by atoms with Gasteiger partial charge in [-0.25, -0.2) is 4.90 Å². The Morgan fingerprint density at radius 2 is 2.06 bits per heavy atom. The van der Waals surface area contributed by atoms with Crippen molar-refractivity contribution in [1.82, 2.24) is 4.90 Å². The smallest absolute Gasteiger partial charge is 0.260 e. The summed E-state index contributed by atoms with van der Waals surface area (Å²) in [5.74, 6) is -0.533. The van der Waals surface area contributed by atoms with E-state index in [1.54, 1.807) is 12.3 Å². The van der Waals surface area contributed by atoms with Gasteiger partial charge in [0.15, 0.2) is 6.19 Å². The van der Waals surface area contributed by atoms with Crippen LogP contribution in [0.25, 0.3) is 6.08 Å². The van der Waals surface area contributed by atoms with E-state index in [4.69, 9.17) is 5.26 Å². The van der Waals surface area contributed by atoms with E-state index in [0.717, 1.165) is 10.5 Å². The van der Waals surface area contributed by atoms with Crippen molar-refractivity contribution in [3.05, 3.63) is 42.0 Å². The van der Waals surface area contributed by atoms with Crippen molar-refractivity contribution >= 4 is 18.3 Å². The number of amides is 1. The van der Waals surface area contributed by atoms with Crippen molar-refractivity contribution in [1.29, 1.82) is 5.26 Å². The van der Waals surface area contributed by atoms with Crippen LogP contribution >= 0.6 is 0 Å². The second-order valence-electron chi connectivity index (χ2n) is 2.91. The van der Waals surface area contributed by atoms with Crippen LogP contribution in [0.1, 0.15) is 5.56 Å². The first-order valence-electron chi connectivity index (χ1n) is 4.57. The van der Waals surface area contributed by atoms with Gasteiger partial charge in [0.05, 0.1) is 0 Å². The van der Waals surface area contributed by atoms with Crippen LogP contribution in [0.3, 0.4) is 0 Å².